The molecule has 4 atom stereocenters. The molecule has 8 heteroatoms. The standard InChI is InChI=1S/C23H20ClN3O3S/c1-13-3-2-4-15(11-13)26-22(31)25-12-23-10-9-17(30-23)18-19(23)21(29)27(20(18)28)16-7-5-14(24)6-8-16/h2-11,17-19H,12H2,1H3,(H2,25,26,31)/t17-,18+,19+,23-/m1/s1. The van der Waals surface area contributed by atoms with Crippen LogP contribution < -0.4 is 15.5 Å². The van der Waals surface area contributed by atoms with Gasteiger partial charge in [0.05, 0.1) is 30.2 Å². The number of halogens is 1. The number of nitrogens with zero attached hydrogens (tertiary/aromatic N) is 1. The lowest BCUT2D eigenvalue weighted by molar-refractivity contribution is -0.126. The molecule has 31 heavy (non-hydrogen) atoms. The third-order valence-corrected chi connectivity index (χ3v) is 6.54. The van der Waals surface area contributed by atoms with Gasteiger partial charge in [0.25, 0.3) is 0 Å². The van der Waals surface area contributed by atoms with E-state index in [1.165, 1.54) is 4.90 Å². The minimum atomic E-state index is -0.915. The van der Waals surface area contributed by atoms with E-state index in [0.717, 1.165) is 11.3 Å². The Balaban J connectivity index is 1.34. The van der Waals surface area contributed by atoms with Crippen molar-refractivity contribution >= 4 is 52.1 Å². The summed E-state index contributed by atoms with van der Waals surface area (Å²) in [6.45, 7) is 2.29. The van der Waals surface area contributed by atoms with Gasteiger partial charge in [-0.15, -0.1) is 0 Å². The van der Waals surface area contributed by atoms with Gasteiger partial charge in [-0.25, -0.2) is 4.90 Å². The first-order valence-electron chi connectivity index (χ1n) is 10.00. The molecular formula is C23H20ClN3O3S. The maximum atomic E-state index is 13.3. The van der Waals surface area contributed by atoms with Gasteiger partial charge >= 0.3 is 0 Å². The van der Waals surface area contributed by atoms with E-state index >= 15 is 0 Å². The van der Waals surface area contributed by atoms with Crippen LogP contribution in [0.15, 0.2) is 60.7 Å². The third-order valence-electron chi connectivity index (χ3n) is 6.04. The lowest BCUT2D eigenvalue weighted by atomic mass is 9.77. The van der Waals surface area contributed by atoms with Gasteiger partial charge in [0, 0.05) is 10.7 Å². The average Bonchev–Trinajstić information content (AvgIpc) is 3.38. The SMILES string of the molecule is Cc1cccc(NC(=S)NC[C@@]23C=C[C@@H](O2)[C@@H]2C(=O)N(c4ccc(Cl)cc4)C(=O)[C@H]23)c1. The summed E-state index contributed by atoms with van der Waals surface area (Å²) in [5.41, 5.74) is 1.60. The quantitative estimate of drug-likeness (QED) is 0.420. The highest BCUT2D eigenvalue weighted by Crippen LogP contribution is 2.52. The van der Waals surface area contributed by atoms with Gasteiger partial charge in [0.2, 0.25) is 11.8 Å². The van der Waals surface area contributed by atoms with Crippen molar-refractivity contribution in [2.24, 2.45) is 11.8 Å². The normalized spacial score (nSPS) is 28.2. The molecular weight excluding hydrogens is 434 g/mol. The zero-order valence-electron chi connectivity index (χ0n) is 16.7. The van der Waals surface area contributed by atoms with Crippen LogP contribution in [0.2, 0.25) is 5.02 Å². The third kappa shape index (κ3) is 3.33. The Morgan fingerprint density at radius 1 is 1.19 bits per heavy atom. The fourth-order valence-electron chi connectivity index (χ4n) is 4.67. The monoisotopic (exact) mass is 453 g/mol. The summed E-state index contributed by atoms with van der Waals surface area (Å²) in [5.74, 6) is -1.63. The van der Waals surface area contributed by atoms with E-state index in [0.29, 0.717) is 15.8 Å². The largest absolute Gasteiger partial charge is 0.360 e. The van der Waals surface area contributed by atoms with Crippen molar-refractivity contribution < 1.29 is 14.3 Å². The first kappa shape index (κ1) is 20.2. The van der Waals surface area contributed by atoms with Crippen LogP contribution in [0.3, 0.4) is 0 Å². The van der Waals surface area contributed by atoms with Crippen LogP contribution in [-0.2, 0) is 14.3 Å². The Labute approximate surface area is 190 Å². The minimum absolute atomic E-state index is 0.242. The predicted molar refractivity (Wildman–Crippen MR) is 123 cm³/mol. The van der Waals surface area contributed by atoms with Crippen LogP contribution in [0.4, 0.5) is 11.4 Å². The summed E-state index contributed by atoms with van der Waals surface area (Å²) in [6.07, 6.45) is 3.34. The summed E-state index contributed by atoms with van der Waals surface area (Å²) in [6, 6.07) is 14.6. The lowest BCUT2D eigenvalue weighted by Gasteiger charge is -2.29. The molecule has 2 bridgehead atoms. The first-order chi connectivity index (χ1) is 14.9. The Morgan fingerprint density at radius 3 is 2.71 bits per heavy atom. The smallest absolute Gasteiger partial charge is 0.241 e. The van der Waals surface area contributed by atoms with Crippen LogP contribution in [0.1, 0.15) is 5.56 Å². The van der Waals surface area contributed by atoms with E-state index in [1.54, 1.807) is 24.3 Å². The summed E-state index contributed by atoms with van der Waals surface area (Å²) in [7, 11) is 0. The number of carbonyl (C=O) groups is 2. The number of hydrogen-bond donors (Lipinski definition) is 2. The predicted octanol–water partition coefficient (Wildman–Crippen LogP) is 3.45. The molecule has 2 fully saturated rings. The maximum absolute atomic E-state index is 13.3. The van der Waals surface area contributed by atoms with Gasteiger partial charge in [-0.1, -0.05) is 35.9 Å². The van der Waals surface area contributed by atoms with Crippen LogP contribution >= 0.6 is 23.8 Å². The van der Waals surface area contributed by atoms with E-state index in [2.05, 4.69) is 10.6 Å². The van der Waals surface area contributed by atoms with E-state index in [9.17, 15) is 9.59 Å². The van der Waals surface area contributed by atoms with Gasteiger partial charge in [-0.05, 0) is 61.1 Å². The Bertz CT molecular complexity index is 1120. The molecule has 5 rings (SSSR count). The molecule has 2 aromatic rings. The van der Waals surface area contributed by atoms with E-state index in [4.69, 9.17) is 28.6 Å². The number of nitrogens with one attached hydrogen (secondary N) is 2. The van der Waals surface area contributed by atoms with Crippen molar-refractivity contribution in [1.29, 1.82) is 0 Å². The van der Waals surface area contributed by atoms with Gasteiger partial charge in [0.1, 0.15) is 5.60 Å². The van der Waals surface area contributed by atoms with Gasteiger partial charge in [-0.3, -0.25) is 9.59 Å². The van der Waals surface area contributed by atoms with Crippen molar-refractivity contribution in [1.82, 2.24) is 5.32 Å². The van der Waals surface area contributed by atoms with Crippen molar-refractivity contribution in [3.63, 3.8) is 0 Å². The number of amides is 2. The number of imide groups is 1. The van der Waals surface area contributed by atoms with Crippen molar-refractivity contribution in [2.45, 2.75) is 18.6 Å². The van der Waals surface area contributed by atoms with E-state index in [-0.39, 0.29) is 18.4 Å². The molecule has 2 N–H and O–H groups in total. The Hall–Kier alpha value is -2.74. The number of rotatable bonds is 4. The van der Waals surface area contributed by atoms with Crippen molar-refractivity contribution in [2.75, 3.05) is 16.8 Å². The number of anilines is 2. The molecule has 158 valence electrons. The molecule has 2 amide bonds. The number of carbonyl (C=O) groups excluding carboxylic acids is 2. The molecule has 2 saturated heterocycles. The fraction of sp³-hybridized carbons (Fsp3) is 0.261. The fourth-order valence-corrected chi connectivity index (χ4v) is 4.98. The number of benzene rings is 2. The van der Waals surface area contributed by atoms with Crippen LogP contribution in [-0.4, -0.2) is 35.2 Å². The number of aryl methyl sites for hydroxylation is 1. The molecule has 0 radical (unpaired) electrons. The van der Waals surface area contributed by atoms with Crippen molar-refractivity contribution in [3.05, 3.63) is 71.3 Å². The molecule has 3 heterocycles. The molecule has 0 saturated carbocycles. The molecule has 0 aliphatic carbocycles. The lowest BCUT2D eigenvalue weighted by Crippen LogP contribution is -2.49. The van der Waals surface area contributed by atoms with E-state index in [1.807, 2.05) is 43.3 Å². The Kier molecular flexibility index (Phi) is 4.84. The summed E-state index contributed by atoms with van der Waals surface area (Å²) in [5, 5.41) is 7.28. The summed E-state index contributed by atoms with van der Waals surface area (Å²) < 4.78 is 6.14. The minimum Gasteiger partial charge on any atom is -0.360 e. The molecule has 0 spiro atoms. The summed E-state index contributed by atoms with van der Waals surface area (Å²) >= 11 is 11.4. The second-order valence-electron chi connectivity index (χ2n) is 8.07. The number of fused-ring (bicyclic) bond motifs is 5. The molecule has 6 nitrogen and oxygen atoms in total. The van der Waals surface area contributed by atoms with E-state index < -0.39 is 23.5 Å². The maximum Gasteiger partial charge on any atom is 0.241 e. The number of thiocarbonyl (C=S) groups is 1. The molecule has 3 aliphatic heterocycles. The van der Waals surface area contributed by atoms with Crippen LogP contribution in [0, 0.1) is 18.8 Å². The summed E-state index contributed by atoms with van der Waals surface area (Å²) in [4.78, 5) is 27.7. The zero-order valence-corrected chi connectivity index (χ0v) is 18.2. The Morgan fingerprint density at radius 2 is 1.97 bits per heavy atom. The average molecular weight is 454 g/mol. The highest BCUT2D eigenvalue weighted by Gasteiger charge is 2.67. The number of hydrogen-bond acceptors (Lipinski definition) is 4. The zero-order chi connectivity index (χ0) is 21.8. The topological polar surface area (TPSA) is 70.7 Å². The second-order valence-corrected chi connectivity index (χ2v) is 8.91. The van der Waals surface area contributed by atoms with Gasteiger partial charge in [0.15, 0.2) is 5.11 Å². The molecule has 3 aliphatic rings. The highest BCUT2D eigenvalue weighted by molar-refractivity contribution is 7.80. The van der Waals surface area contributed by atoms with Gasteiger partial charge in [-0.2, -0.15) is 0 Å². The number of ether oxygens (including phenoxy) is 1. The molecule has 0 unspecified atom stereocenters. The first-order valence-corrected chi connectivity index (χ1v) is 10.8. The molecule has 2 aromatic carbocycles. The van der Waals surface area contributed by atoms with Gasteiger partial charge < -0.3 is 15.4 Å². The second kappa shape index (κ2) is 7.44. The van der Waals surface area contributed by atoms with Crippen LogP contribution in [0.5, 0.6) is 0 Å². The molecule has 0 aromatic heterocycles. The highest BCUT2D eigenvalue weighted by atomic mass is 35.5. The van der Waals surface area contributed by atoms with Crippen molar-refractivity contribution in [3.8, 4) is 0 Å². The van der Waals surface area contributed by atoms with Crippen LogP contribution in [0.25, 0.3) is 0 Å².